The van der Waals surface area contributed by atoms with Crippen LogP contribution in [0.25, 0.3) is 0 Å². The van der Waals surface area contributed by atoms with Crippen LogP contribution in [-0.2, 0) is 6.42 Å². The maximum absolute atomic E-state index is 13.5. The number of anilines is 1. The van der Waals surface area contributed by atoms with Crippen molar-refractivity contribution in [2.45, 2.75) is 19.4 Å². The van der Waals surface area contributed by atoms with Gasteiger partial charge in [-0.2, -0.15) is 0 Å². The molecule has 18 heavy (non-hydrogen) atoms. The lowest BCUT2D eigenvalue weighted by atomic mass is 9.99. The monoisotopic (exact) mass is 245 g/mol. The molecule has 0 aliphatic heterocycles. The Kier molecular flexibility index (Phi) is 3.58. The van der Waals surface area contributed by atoms with Crippen molar-refractivity contribution in [3.05, 3.63) is 59.2 Å². The third kappa shape index (κ3) is 2.65. The van der Waals surface area contributed by atoms with E-state index in [2.05, 4.69) is 4.98 Å². The number of pyridine rings is 1. The molecular weight excluding hydrogens is 229 g/mol. The summed E-state index contributed by atoms with van der Waals surface area (Å²) < 4.78 is 13.5. The van der Waals surface area contributed by atoms with Crippen LogP contribution in [0.15, 0.2) is 36.7 Å². The largest absolute Gasteiger partial charge is 0.398 e. The number of nitrogens with zero attached hydrogens (tertiary/aromatic N) is 1. The summed E-state index contributed by atoms with van der Waals surface area (Å²) >= 11 is 0. The summed E-state index contributed by atoms with van der Waals surface area (Å²) in [6, 6.07) is 6.50. The first-order valence-electron chi connectivity index (χ1n) is 5.78. The molecule has 4 N–H and O–H groups in total. The molecule has 4 heteroatoms. The highest BCUT2D eigenvalue weighted by Gasteiger charge is 2.11. The molecule has 1 unspecified atom stereocenters. The van der Waals surface area contributed by atoms with Gasteiger partial charge in [0.1, 0.15) is 5.82 Å². The number of aryl methyl sites for hydroxylation is 1. The minimum absolute atomic E-state index is 0.234. The Morgan fingerprint density at radius 2 is 2.11 bits per heavy atom. The summed E-state index contributed by atoms with van der Waals surface area (Å²) in [5.41, 5.74) is 14.8. The second kappa shape index (κ2) is 5.14. The minimum Gasteiger partial charge on any atom is -0.398 e. The Balaban J connectivity index is 2.19. The van der Waals surface area contributed by atoms with E-state index in [1.807, 2.05) is 6.07 Å². The molecular formula is C14H16FN3. The lowest BCUT2D eigenvalue weighted by Crippen LogP contribution is -2.14. The molecule has 1 heterocycles. The van der Waals surface area contributed by atoms with E-state index >= 15 is 0 Å². The van der Waals surface area contributed by atoms with E-state index in [9.17, 15) is 4.39 Å². The number of halogens is 1. The predicted molar refractivity (Wildman–Crippen MR) is 70.4 cm³/mol. The Bertz CT molecular complexity index is 554. The van der Waals surface area contributed by atoms with Crippen LogP contribution < -0.4 is 11.5 Å². The maximum atomic E-state index is 13.5. The zero-order valence-corrected chi connectivity index (χ0v) is 10.2. The lowest BCUT2D eigenvalue weighted by molar-refractivity contribution is 0.610. The molecule has 1 aromatic carbocycles. The molecule has 0 fully saturated rings. The van der Waals surface area contributed by atoms with Crippen molar-refractivity contribution in [3.63, 3.8) is 0 Å². The topological polar surface area (TPSA) is 64.9 Å². The van der Waals surface area contributed by atoms with Gasteiger partial charge in [0.2, 0.25) is 0 Å². The fourth-order valence-electron chi connectivity index (χ4n) is 1.80. The van der Waals surface area contributed by atoms with E-state index in [1.165, 1.54) is 6.07 Å². The molecule has 0 amide bonds. The number of hydrogen-bond acceptors (Lipinski definition) is 3. The van der Waals surface area contributed by atoms with E-state index in [-0.39, 0.29) is 11.9 Å². The predicted octanol–water partition coefficient (Wildman–Crippen LogP) is 2.35. The normalized spacial score (nSPS) is 12.4. The third-order valence-corrected chi connectivity index (χ3v) is 3.01. The van der Waals surface area contributed by atoms with Crippen LogP contribution >= 0.6 is 0 Å². The SMILES string of the molecule is Cc1ccc(C(N)Cc2cnccc2N)cc1F. The number of nitrogens with two attached hydrogens (primary N) is 2. The highest BCUT2D eigenvalue weighted by molar-refractivity contribution is 5.45. The van der Waals surface area contributed by atoms with Crippen LogP contribution in [0.3, 0.4) is 0 Å². The summed E-state index contributed by atoms with van der Waals surface area (Å²) in [5, 5.41) is 0. The van der Waals surface area contributed by atoms with Gasteiger partial charge in [0, 0.05) is 24.1 Å². The fourth-order valence-corrected chi connectivity index (χ4v) is 1.80. The number of rotatable bonds is 3. The van der Waals surface area contributed by atoms with Gasteiger partial charge in [-0.1, -0.05) is 12.1 Å². The average Bonchev–Trinajstić information content (AvgIpc) is 2.35. The van der Waals surface area contributed by atoms with E-state index in [4.69, 9.17) is 11.5 Å². The van der Waals surface area contributed by atoms with Crippen molar-refractivity contribution >= 4 is 5.69 Å². The van der Waals surface area contributed by atoms with Gasteiger partial charge < -0.3 is 11.5 Å². The van der Waals surface area contributed by atoms with Gasteiger partial charge in [-0.15, -0.1) is 0 Å². The first kappa shape index (κ1) is 12.5. The second-order valence-corrected chi connectivity index (χ2v) is 4.39. The summed E-state index contributed by atoms with van der Waals surface area (Å²) in [6.07, 6.45) is 3.87. The van der Waals surface area contributed by atoms with Crippen LogP contribution in [0.5, 0.6) is 0 Å². The average molecular weight is 245 g/mol. The van der Waals surface area contributed by atoms with E-state index in [0.717, 1.165) is 11.1 Å². The molecule has 2 rings (SSSR count). The molecule has 1 atom stereocenters. The summed E-state index contributed by atoms with van der Waals surface area (Å²) in [7, 11) is 0. The zero-order valence-electron chi connectivity index (χ0n) is 10.2. The molecule has 1 aromatic heterocycles. The first-order chi connectivity index (χ1) is 8.58. The van der Waals surface area contributed by atoms with Crippen LogP contribution in [0.1, 0.15) is 22.7 Å². The quantitative estimate of drug-likeness (QED) is 0.872. The van der Waals surface area contributed by atoms with E-state index < -0.39 is 0 Å². The Morgan fingerprint density at radius 1 is 1.33 bits per heavy atom. The van der Waals surface area contributed by atoms with Crippen molar-refractivity contribution in [2.75, 3.05) is 5.73 Å². The summed E-state index contributed by atoms with van der Waals surface area (Å²) in [4.78, 5) is 4.01. The maximum Gasteiger partial charge on any atom is 0.126 e. The van der Waals surface area contributed by atoms with Crippen LogP contribution in [-0.4, -0.2) is 4.98 Å². The van der Waals surface area contributed by atoms with Gasteiger partial charge >= 0.3 is 0 Å². The highest BCUT2D eigenvalue weighted by Crippen LogP contribution is 2.21. The van der Waals surface area contributed by atoms with Crippen molar-refractivity contribution in [3.8, 4) is 0 Å². The zero-order chi connectivity index (χ0) is 13.1. The minimum atomic E-state index is -0.286. The molecule has 0 aliphatic rings. The molecule has 0 bridgehead atoms. The first-order valence-corrected chi connectivity index (χ1v) is 5.78. The molecule has 0 saturated heterocycles. The van der Waals surface area contributed by atoms with Crippen molar-refractivity contribution < 1.29 is 4.39 Å². The van der Waals surface area contributed by atoms with Gasteiger partial charge in [-0.3, -0.25) is 4.98 Å². The number of nitrogen functional groups attached to an aromatic ring is 1. The lowest BCUT2D eigenvalue weighted by Gasteiger charge is -2.14. The summed E-state index contributed by atoms with van der Waals surface area (Å²) in [5.74, 6) is -0.234. The second-order valence-electron chi connectivity index (χ2n) is 4.39. The molecule has 2 aromatic rings. The van der Waals surface area contributed by atoms with Gasteiger partial charge in [0.05, 0.1) is 0 Å². The van der Waals surface area contributed by atoms with Crippen molar-refractivity contribution in [1.29, 1.82) is 0 Å². The highest BCUT2D eigenvalue weighted by atomic mass is 19.1. The smallest absolute Gasteiger partial charge is 0.126 e. The Labute approximate surface area is 106 Å². The molecule has 0 saturated carbocycles. The van der Waals surface area contributed by atoms with Crippen molar-refractivity contribution in [2.24, 2.45) is 5.73 Å². The van der Waals surface area contributed by atoms with Gasteiger partial charge in [-0.05, 0) is 42.2 Å². The Morgan fingerprint density at radius 3 is 2.78 bits per heavy atom. The molecule has 0 aliphatic carbocycles. The third-order valence-electron chi connectivity index (χ3n) is 3.01. The van der Waals surface area contributed by atoms with Gasteiger partial charge in [0.25, 0.3) is 0 Å². The number of aromatic nitrogens is 1. The van der Waals surface area contributed by atoms with Crippen LogP contribution in [0.4, 0.5) is 10.1 Å². The number of benzene rings is 1. The molecule has 3 nitrogen and oxygen atoms in total. The fraction of sp³-hybridized carbons (Fsp3) is 0.214. The van der Waals surface area contributed by atoms with Crippen LogP contribution in [0, 0.1) is 12.7 Å². The standard InChI is InChI=1S/C14H16FN3/c1-9-2-3-10(6-12(9)15)14(17)7-11-8-18-5-4-13(11)16/h2-6,8,14H,7,17H2,1H3,(H2,16,18). The van der Waals surface area contributed by atoms with E-state index in [1.54, 1.807) is 31.5 Å². The van der Waals surface area contributed by atoms with Crippen molar-refractivity contribution in [1.82, 2.24) is 4.98 Å². The summed E-state index contributed by atoms with van der Waals surface area (Å²) in [6.45, 7) is 1.73. The number of hydrogen-bond donors (Lipinski definition) is 2. The van der Waals surface area contributed by atoms with Crippen LogP contribution in [0.2, 0.25) is 0 Å². The molecule has 94 valence electrons. The molecule has 0 spiro atoms. The Hall–Kier alpha value is -1.94. The van der Waals surface area contributed by atoms with E-state index in [0.29, 0.717) is 17.7 Å². The van der Waals surface area contributed by atoms with Gasteiger partial charge in [0.15, 0.2) is 0 Å². The molecule has 0 radical (unpaired) electrons. The van der Waals surface area contributed by atoms with Gasteiger partial charge in [-0.25, -0.2) is 4.39 Å².